The average Bonchev–Trinajstić information content (AvgIpc) is 2.24. The molecule has 9 heteroatoms. The minimum absolute atomic E-state index is 0.250. The van der Waals surface area contributed by atoms with Crippen molar-refractivity contribution in [1.82, 2.24) is 10.3 Å². The van der Waals surface area contributed by atoms with Gasteiger partial charge in [-0.2, -0.15) is 0 Å². The summed E-state index contributed by atoms with van der Waals surface area (Å²) in [7, 11) is -1.09. The lowest BCUT2D eigenvalue weighted by Crippen LogP contribution is -2.68. The molecular formula is C7H14N4O4P+. The zero-order chi connectivity index (χ0) is 12.3. The first kappa shape index (κ1) is 13.0. The first-order chi connectivity index (χ1) is 7.41. The number of hydrogen-bond acceptors (Lipinski definition) is 6. The minimum Gasteiger partial charge on any atom is -0.480 e. The van der Waals surface area contributed by atoms with E-state index in [4.69, 9.17) is 16.7 Å². The summed E-state index contributed by atoms with van der Waals surface area (Å²) in [5.74, 6) is 3.66. The molecule has 1 amide bonds. The Kier molecular flexibility index (Phi) is 3.93. The molecule has 90 valence electrons. The van der Waals surface area contributed by atoms with Crippen molar-refractivity contribution in [2.24, 2.45) is 11.6 Å². The van der Waals surface area contributed by atoms with Crippen LogP contribution in [-0.2, 0) is 14.2 Å². The number of nitrogens with one attached hydrogen (secondary N) is 1. The van der Waals surface area contributed by atoms with Crippen molar-refractivity contribution in [3.63, 3.8) is 0 Å². The van der Waals surface area contributed by atoms with Crippen LogP contribution in [0.2, 0.25) is 0 Å². The van der Waals surface area contributed by atoms with Crippen LogP contribution in [-0.4, -0.2) is 46.4 Å². The van der Waals surface area contributed by atoms with Crippen LogP contribution in [0, 0.1) is 0 Å². The second-order valence-corrected chi connectivity index (χ2v) is 4.62. The van der Waals surface area contributed by atoms with Crippen LogP contribution >= 0.6 is 8.46 Å². The number of carboxylic acids is 1. The Hall–Kier alpha value is -1.08. The van der Waals surface area contributed by atoms with Gasteiger partial charge < -0.3 is 5.11 Å². The van der Waals surface area contributed by atoms with Crippen molar-refractivity contribution in [3.8, 4) is 0 Å². The molecule has 0 spiro atoms. The molecule has 3 atom stereocenters. The molecule has 0 aromatic carbocycles. The van der Waals surface area contributed by atoms with Crippen LogP contribution in [0.25, 0.3) is 0 Å². The van der Waals surface area contributed by atoms with Gasteiger partial charge in [-0.25, -0.2) is 5.84 Å². The van der Waals surface area contributed by atoms with Crippen LogP contribution in [0.4, 0.5) is 0 Å². The summed E-state index contributed by atoms with van der Waals surface area (Å²) in [5.41, 5.74) is 5.70. The lowest BCUT2D eigenvalue weighted by atomic mass is 9.99. The largest absolute Gasteiger partial charge is 0.480 e. The summed E-state index contributed by atoms with van der Waals surface area (Å²) < 4.78 is 11.0. The quantitative estimate of drug-likeness (QED) is 0.252. The summed E-state index contributed by atoms with van der Waals surface area (Å²) in [6.07, 6.45) is 0.362. The Balaban J connectivity index is 2.79. The van der Waals surface area contributed by atoms with Gasteiger partial charge in [-0.1, -0.05) is 4.57 Å². The Morgan fingerprint density at radius 2 is 2.38 bits per heavy atom. The molecule has 1 heterocycles. The van der Waals surface area contributed by atoms with Crippen LogP contribution in [0.5, 0.6) is 0 Å². The molecule has 1 aliphatic heterocycles. The number of amides is 1. The molecule has 0 aliphatic carbocycles. The number of carbonyl (C=O) groups excluding carboxylic acids is 1. The van der Waals surface area contributed by atoms with Crippen molar-refractivity contribution in [2.45, 2.75) is 17.7 Å². The molecule has 6 N–H and O–H groups in total. The molecule has 2 unspecified atom stereocenters. The minimum atomic E-state index is -1.64. The fourth-order valence-corrected chi connectivity index (χ4v) is 2.19. The number of nitrogens with two attached hydrogens (primary N) is 2. The van der Waals surface area contributed by atoms with E-state index in [0.29, 0.717) is 6.42 Å². The lowest BCUT2D eigenvalue weighted by molar-refractivity contribution is -0.140. The van der Waals surface area contributed by atoms with E-state index in [2.05, 4.69) is 5.32 Å². The zero-order valence-electron chi connectivity index (χ0n) is 8.47. The third-order valence-corrected chi connectivity index (χ3v) is 3.39. The number of carboxylic acid groups (broad SMARTS) is 1. The molecule has 1 aliphatic rings. The van der Waals surface area contributed by atoms with Gasteiger partial charge in [0.15, 0.2) is 0 Å². The highest BCUT2D eigenvalue weighted by Gasteiger charge is 2.55. The van der Waals surface area contributed by atoms with Crippen LogP contribution < -0.4 is 16.9 Å². The van der Waals surface area contributed by atoms with Crippen molar-refractivity contribution in [3.05, 3.63) is 0 Å². The van der Waals surface area contributed by atoms with Crippen LogP contribution in [0.3, 0.4) is 0 Å². The monoisotopic (exact) mass is 249 g/mol. The number of piperidine rings is 1. The smallest absolute Gasteiger partial charge is 0.358 e. The number of carbonyl (C=O) groups is 2. The maximum absolute atomic E-state index is 11.6. The summed E-state index contributed by atoms with van der Waals surface area (Å²) >= 11 is 0. The molecule has 8 nitrogen and oxygen atoms in total. The van der Waals surface area contributed by atoms with Gasteiger partial charge in [0.1, 0.15) is 0 Å². The first-order valence-electron chi connectivity index (χ1n) is 4.62. The molecule has 0 aromatic heterocycles. The van der Waals surface area contributed by atoms with Gasteiger partial charge in [0.2, 0.25) is 0 Å². The number of aliphatic carboxylic acids is 1. The fraction of sp³-hybridized carbons (Fsp3) is 0.714. The van der Waals surface area contributed by atoms with Crippen molar-refractivity contribution < 1.29 is 19.3 Å². The van der Waals surface area contributed by atoms with Crippen molar-refractivity contribution in [2.75, 3.05) is 13.1 Å². The van der Waals surface area contributed by atoms with E-state index in [0.717, 1.165) is 5.01 Å². The van der Waals surface area contributed by atoms with Gasteiger partial charge >= 0.3 is 25.6 Å². The highest BCUT2D eigenvalue weighted by atomic mass is 31.1. The van der Waals surface area contributed by atoms with E-state index in [-0.39, 0.29) is 13.1 Å². The van der Waals surface area contributed by atoms with E-state index in [1.165, 1.54) is 0 Å². The summed E-state index contributed by atoms with van der Waals surface area (Å²) in [4.78, 5) is 22.0. The van der Waals surface area contributed by atoms with Gasteiger partial charge in [0, 0.05) is 6.54 Å². The standard InChI is InChI=1S/C7H13N4O4P/c8-7(16-15)4(10-3-5(12)13)1-2-11(9)6(7)14/h4,10H,1-3,8-9H2,(H,12,13)/p+1/t4?,7-/m0/s1. The molecule has 16 heavy (non-hydrogen) atoms. The number of hydrazine groups is 1. The van der Waals surface area contributed by atoms with Gasteiger partial charge in [0.05, 0.1) is 12.6 Å². The second-order valence-electron chi connectivity index (χ2n) is 3.59. The number of nitrogens with zero attached hydrogens (tertiary/aromatic N) is 1. The SMILES string of the molecule is NN1CCC(NCC(=O)O)[C@](N)([PH+]=O)C1=O. The molecular weight excluding hydrogens is 235 g/mol. The van der Waals surface area contributed by atoms with Gasteiger partial charge in [-0.05, 0) is 6.42 Å². The highest BCUT2D eigenvalue weighted by molar-refractivity contribution is 7.27. The zero-order valence-corrected chi connectivity index (χ0v) is 9.47. The number of hydrogen-bond donors (Lipinski definition) is 4. The summed E-state index contributed by atoms with van der Waals surface area (Å²) in [6.45, 7) is -0.0918. The van der Waals surface area contributed by atoms with Crippen molar-refractivity contribution in [1.29, 1.82) is 0 Å². The lowest BCUT2D eigenvalue weighted by Gasteiger charge is -2.34. The molecule has 0 radical (unpaired) electrons. The van der Waals surface area contributed by atoms with E-state index >= 15 is 0 Å². The van der Waals surface area contributed by atoms with E-state index in [9.17, 15) is 14.2 Å². The molecule has 0 bridgehead atoms. The fourth-order valence-electron chi connectivity index (χ4n) is 1.57. The second kappa shape index (κ2) is 4.84. The Morgan fingerprint density at radius 1 is 1.75 bits per heavy atom. The normalized spacial score (nSPS) is 30.8. The Morgan fingerprint density at radius 3 is 2.88 bits per heavy atom. The molecule has 1 rings (SSSR count). The average molecular weight is 249 g/mol. The van der Waals surface area contributed by atoms with Crippen LogP contribution in [0.1, 0.15) is 6.42 Å². The van der Waals surface area contributed by atoms with Crippen LogP contribution in [0.15, 0.2) is 0 Å². The first-order valence-corrected chi connectivity index (χ1v) is 5.52. The highest BCUT2D eigenvalue weighted by Crippen LogP contribution is 2.28. The topological polar surface area (TPSA) is 139 Å². The van der Waals surface area contributed by atoms with Gasteiger partial charge in [0.25, 0.3) is 0 Å². The third-order valence-electron chi connectivity index (χ3n) is 2.49. The van der Waals surface area contributed by atoms with E-state index in [1.54, 1.807) is 0 Å². The van der Waals surface area contributed by atoms with E-state index < -0.39 is 31.7 Å². The van der Waals surface area contributed by atoms with Gasteiger partial charge in [-0.3, -0.25) is 25.6 Å². The maximum atomic E-state index is 11.6. The van der Waals surface area contributed by atoms with E-state index in [1.807, 2.05) is 0 Å². The third kappa shape index (κ3) is 2.35. The predicted molar refractivity (Wildman–Crippen MR) is 55.9 cm³/mol. The predicted octanol–water partition coefficient (Wildman–Crippen LogP) is -2.19. The maximum Gasteiger partial charge on any atom is 0.358 e. The molecule has 1 fully saturated rings. The Labute approximate surface area is 93.1 Å². The summed E-state index contributed by atoms with van der Waals surface area (Å²) in [5, 5.41) is 10.4. The Bertz CT molecular complexity index is 326. The van der Waals surface area contributed by atoms with Crippen molar-refractivity contribution >= 4 is 20.3 Å². The molecule has 1 saturated heterocycles. The number of rotatable bonds is 4. The molecule has 0 aromatic rings. The van der Waals surface area contributed by atoms with Gasteiger partial charge in [-0.15, -0.1) is 0 Å². The summed E-state index contributed by atoms with van der Waals surface area (Å²) in [6, 6.07) is -0.647. The molecule has 0 saturated carbocycles.